The molecule has 1 aliphatic carbocycles. The number of fused-ring (bicyclic) bond motifs is 1. The Labute approximate surface area is 162 Å². The Morgan fingerprint density at radius 2 is 2.19 bits per heavy atom. The predicted octanol–water partition coefficient (Wildman–Crippen LogP) is 3.41. The third-order valence-corrected chi connectivity index (χ3v) is 6.82. The average molecular weight is 393 g/mol. The number of halogens is 2. The van der Waals surface area contributed by atoms with E-state index < -0.39 is 0 Å². The Hall–Kier alpha value is -1.56. The molecule has 1 aliphatic heterocycles. The lowest BCUT2D eigenvalue weighted by atomic mass is 9.81. The van der Waals surface area contributed by atoms with Gasteiger partial charge in [-0.2, -0.15) is 0 Å². The minimum atomic E-state index is -0.157. The molecule has 1 saturated carbocycles. The smallest absolute Gasteiger partial charge is 0.260 e. The second kappa shape index (κ2) is 6.55. The number of aryl methyl sites for hydroxylation is 1. The SMILES string of the molecule is Cc1nc(N2CC3CCCC3(CN)C2)cc(=O)n1-c1cccc(Cl)c1Cl. The van der Waals surface area contributed by atoms with E-state index in [0.29, 0.717) is 34.0 Å². The lowest BCUT2D eigenvalue weighted by Gasteiger charge is -2.27. The maximum atomic E-state index is 12.8. The molecule has 5 nitrogen and oxygen atoms in total. The summed E-state index contributed by atoms with van der Waals surface area (Å²) >= 11 is 12.4. The van der Waals surface area contributed by atoms with Gasteiger partial charge < -0.3 is 10.6 Å². The van der Waals surface area contributed by atoms with E-state index in [1.54, 1.807) is 24.3 Å². The van der Waals surface area contributed by atoms with Gasteiger partial charge in [0, 0.05) is 24.6 Å². The second-order valence-corrected chi connectivity index (χ2v) is 8.23. The zero-order valence-corrected chi connectivity index (χ0v) is 16.2. The molecule has 0 amide bonds. The molecule has 7 heteroatoms. The molecule has 0 radical (unpaired) electrons. The molecule has 2 aromatic rings. The summed E-state index contributed by atoms with van der Waals surface area (Å²) in [5, 5.41) is 0.767. The number of hydrogen-bond donors (Lipinski definition) is 1. The fourth-order valence-corrected chi connectivity index (χ4v) is 5.01. The number of anilines is 1. The van der Waals surface area contributed by atoms with Crippen LogP contribution in [-0.4, -0.2) is 29.2 Å². The monoisotopic (exact) mass is 392 g/mol. The summed E-state index contributed by atoms with van der Waals surface area (Å²) in [6, 6.07) is 6.84. The molecule has 1 aromatic heterocycles. The van der Waals surface area contributed by atoms with Crippen LogP contribution in [0.25, 0.3) is 5.69 Å². The first-order valence-electron chi connectivity index (χ1n) is 8.95. The maximum absolute atomic E-state index is 12.8. The minimum Gasteiger partial charge on any atom is -0.355 e. The molecular weight excluding hydrogens is 371 g/mol. The molecule has 138 valence electrons. The van der Waals surface area contributed by atoms with Crippen LogP contribution in [0.15, 0.2) is 29.1 Å². The van der Waals surface area contributed by atoms with Gasteiger partial charge in [0.25, 0.3) is 5.56 Å². The number of nitrogens with zero attached hydrogens (tertiary/aromatic N) is 3. The van der Waals surface area contributed by atoms with Crippen molar-refractivity contribution in [2.24, 2.45) is 17.1 Å². The number of nitrogens with two attached hydrogens (primary N) is 1. The van der Waals surface area contributed by atoms with E-state index in [-0.39, 0.29) is 11.0 Å². The molecule has 2 heterocycles. The van der Waals surface area contributed by atoms with Crippen LogP contribution in [0.4, 0.5) is 5.82 Å². The number of benzene rings is 1. The summed E-state index contributed by atoms with van der Waals surface area (Å²) in [5.41, 5.74) is 6.68. The van der Waals surface area contributed by atoms with Crippen molar-refractivity contribution < 1.29 is 0 Å². The largest absolute Gasteiger partial charge is 0.355 e. The van der Waals surface area contributed by atoms with Crippen molar-refractivity contribution in [3.63, 3.8) is 0 Å². The first-order chi connectivity index (χ1) is 12.4. The summed E-state index contributed by atoms with van der Waals surface area (Å²) < 4.78 is 1.51. The van der Waals surface area contributed by atoms with Gasteiger partial charge in [-0.1, -0.05) is 35.7 Å². The van der Waals surface area contributed by atoms with Gasteiger partial charge in [-0.15, -0.1) is 0 Å². The van der Waals surface area contributed by atoms with Crippen molar-refractivity contribution in [1.29, 1.82) is 0 Å². The Morgan fingerprint density at radius 3 is 2.88 bits per heavy atom. The Balaban J connectivity index is 1.72. The van der Waals surface area contributed by atoms with Gasteiger partial charge in [-0.25, -0.2) is 4.98 Å². The molecular formula is C19H22Cl2N4O. The van der Waals surface area contributed by atoms with E-state index in [1.165, 1.54) is 23.8 Å². The highest BCUT2D eigenvalue weighted by atomic mass is 35.5. The number of rotatable bonds is 3. The van der Waals surface area contributed by atoms with Gasteiger partial charge in [-0.3, -0.25) is 9.36 Å². The van der Waals surface area contributed by atoms with E-state index in [2.05, 4.69) is 4.90 Å². The maximum Gasteiger partial charge on any atom is 0.260 e. The highest BCUT2D eigenvalue weighted by molar-refractivity contribution is 6.43. The standard InChI is InChI=1S/C19H22Cl2N4O/c1-12-23-16(24-9-13-4-3-7-19(13,10-22)11-24)8-17(26)25(12)15-6-2-5-14(20)18(15)21/h2,5-6,8,13H,3-4,7,9-11,22H2,1H3. The van der Waals surface area contributed by atoms with Gasteiger partial charge in [0.1, 0.15) is 11.6 Å². The van der Waals surface area contributed by atoms with Crippen LogP contribution in [0.3, 0.4) is 0 Å². The van der Waals surface area contributed by atoms with E-state index in [1.807, 2.05) is 6.92 Å². The van der Waals surface area contributed by atoms with Gasteiger partial charge in [-0.05, 0) is 44.4 Å². The van der Waals surface area contributed by atoms with Crippen molar-refractivity contribution in [2.75, 3.05) is 24.5 Å². The fourth-order valence-electron chi connectivity index (χ4n) is 4.63. The van der Waals surface area contributed by atoms with Crippen LogP contribution in [0, 0.1) is 18.3 Å². The number of aromatic nitrogens is 2. The van der Waals surface area contributed by atoms with Crippen molar-refractivity contribution in [1.82, 2.24) is 9.55 Å². The lowest BCUT2D eigenvalue weighted by Crippen LogP contribution is -2.35. The van der Waals surface area contributed by atoms with Gasteiger partial charge >= 0.3 is 0 Å². The quantitative estimate of drug-likeness (QED) is 0.868. The fraction of sp³-hybridized carbons (Fsp3) is 0.474. The normalized spacial score (nSPS) is 24.9. The van der Waals surface area contributed by atoms with Gasteiger partial charge in [0.2, 0.25) is 0 Å². The van der Waals surface area contributed by atoms with Crippen LogP contribution in [-0.2, 0) is 0 Å². The molecule has 2 atom stereocenters. The van der Waals surface area contributed by atoms with Gasteiger partial charge in [0.05, 0.1) is 15.7 Å². The van der Waals surface area contributed by atoms with Crippen LogP contribution in [0.2, 0.25) is 10.0 Å². The molecule has 0 spiro atoms. The molecule has 2 fully saturated rings. The molecule has 2 unspecified atom stereocenters. The summed E-state index contributed by atoms with van der Waals surface area (Å²) in [4.78, 5) is 19.8. The minimum absolute atomic E-state index is 0.157. The van der Waals surface area contributed by atoms with Crippen LogP contribution in [0.1, 0.15) is 25.1 Å². The van der Waals surface area contributed by atoms with Crippen molar-refractivity contribution in [3.8, 4) is 5.69 Å². The highest BCUT2D eigenvalue weighted by Gasteiger charge is 2.48. The summed E-state index contributed by atoms with van der Waals surface area (Å²) in [7, 11) is 0. The average Bonchev–Trinajstić information content (AvgIpc) is 3.15. The van der Waals surface area contributed by atoms with Crippen molar-refractivity contribution >= 4 is 29.0 Å². The molecule has 1 saturated heterocycles. The van der Waals surface area contributed by atoms with Gasteiger partial charge in [0.15, 0.2) is 0 Å². The zero-order valence-electron chi connectivity index (χ0n) is 14.7. The third-order valence-electron chi connectivity index (χ3n) is 6.02. The van der Waals surface area contributed by atoms with E-state index in [9.17, 15) is 4.79 Å². The molecule has 2 aliphatic rings. The molecule has 2 N–H and O–H groups in total. The molecule has 4 rings (SSSR count). The second-order valence-electron chi connectivity index (χ2n) is 7.44. The Bertz CT molecular complexity index is 913. The lowest BCUT2D eigenvalue weighted by molar-refractivity contribution is 0.282. The molecule has 26 heavy (non-hydrogen) atoms. The van der Waals surface area contributed by atoms with Crippen LogP contribution >= 0.6 is 23.2 Å². The summed E-state index contributed by atoms with van der Waals surface area (Å²) in [6.07, 6.45) is 3.62. The van der Waals surface area contributed by atoms with Crippen LogP contribution in [0.5, 0.6) is 0 Å². The topological polar surface area (TPSA) is 64.2 Å². The van der Waals surface area contributed by atoms with Crippen LogP contribution < -0.4 is 16.2 Å². The van der Waals surface area contributed by atoms with E-state index in [4.69, 9.17) is 33.9 Å². The summed E-state index contributed by atoms with van der Waals surface area (Å²) in [5.74, 6) is 1.92. The third kappa shape index (κ3) is 2.73. The molecule has 0 bridgehead atoms. The van der Waals surface area contributed by atoms with Crippen molar-refractivity contribution in [2.45, 2.75) is 26.2 Å². The summed E-state index contributed by atoms with van der Waals surface area (Å²) in [6.45, 7) is 4.31. The van der Waals surface area contributed by atoms with E-state index >= 15 is 0 Å². The van der Waals surface area contributed by atoms with E-state index in [0.717, 1.165) is 18.9 Å². The Kier molecular flexibility index (Phi) is 4.49. The zero-order chi connectivity index (χ0) is 18.5. The molecule has 1 aromatic carbocycles. The first kappa shape index (κ1) is 17.8. The highest BCUT2D eigenvalue weighted by Crippen LogP contribution is 2.48. The predicted molar refractivity (Wildman–Crippen MR) is 106 cm³/mol. The Morgan fingerprint density at radius 1 is 1.38 bits per heavy atom. The van der Waals surface area contributed by atoms with Crippen molar-refractivity contribution in [3.05, 3.63) is 50.5 Å². The first-order valence-corrected chi connectivity index (χ1v) is 9.71. The number of hydrogen-bond acceptors (Lipinski definition) is 4.